The van der Waals surface area contributed by atoms with E-state index in [4.69, 9.17) is 14.6 Å². The first kappa shape index (κ1) is 10.6. The lowest BCUT2D eigenvalue weighted by atomic mass is 10.1. The van der Waals surface area contributed by atoms with E-state index < -0.39 is 24.6 Å². The molecule has 1 aliphatic rings. The van der Waals surface area contributed by atoms with Crippen LogP contribution in [0, 0.1) is 0 Å². The molecule has 0 spiro atoms. The van der Waals surface area contributed by atoms with E-state index in [1.165, 1.54) is 6.08 Å². The van der Waals surface area contributed by atoms with Gasteiger partial charge in [-0.2, -0.15) is 0 Å². The van der Waals surface area contributed by atoms with Crippen LogP contribution in [-0.4, -0.2) is 53.1 Å². The molecular weight excluding hydrogens is 176 g/mol. The Balaban J connectivity index is 2.43. The standard InChI is InChI=1S/C8H14O5/c1-2-3-12-5-4-13-8(11)7(10)6(5)9/h2,5-11H,1,3-4H2/t5-,6+,7-,8?/m1/s1. The molecule has 1 heterocycles. The van der Waals surface area contributed by atoms with E-state index in [1.807, 2.05) is 0 Å². The van der Waals surface area contributed by atoms with E-state index >= 15 is 0 Å². The summed E-state index contributed by atoms with van der Waals surface area (Å²) in [7, 11) is 0. The average molecular weight is 190 g/mol. The first-order valence-electron chi connectivity index (χ1n) is 4.05. The van der Waals surface area contributed by atoms with Crippen LogP contribution in [0.25, 0.3) is 0 Å². The van der Waals surface area contributed by atoms with Gasteiger partial charge in [0.15, 0.2) is 6.29 Å². The first-order valence-corrected chi connectivity index (χ1v) is 4.05. The van der Waals surface area contributed by atoms with Gasteiger partial charge in [0, 0.05) is 0 Å². The Bertz CT molecular complexity index is 172. The zero-order valence-corrected chi connectivity index (χ0v) is 7.17. The van der Waals surface area contributed by atoms with E-state index in [1.54, 1.807) is 0 Å². The van der Waals surface area contributed by atoms with Crippen molar-refractivity contribution in [2.45, 2.75) is 24.6 Å². The summed E-state index contributed by atoms with van der Waals surface area (Å²) in [6.07, 6.45) is -2.85. The van der Waals surface area contributed by atoms with Gasteiger partial charge < -0.3 is 24.8 Å². The lowest BCUT2D eigenvalue weighted by Gasteiger charge is -2.34. The van der Waals surface area contributed by atoms with Crippen LogP contribution in [0.1, 0.15) is 0 Å². The van der Waals surface area contributed by atoms with Gasteiger partial charge in [-0.25, -0.2) is 0 Å². The van der Waals surface area contributed by atoms with Gasteiger partial charge in [-0.3, -0.25) is 0 Å². The van der Waals surface area contributed by atoms with Crippen molar-refractivity contribution in [1.29, 1.82) is 0 Å². The van der Waals surface area contributed by atoms with Crippen molar-refractivity contribution in [3.05, 3.63) is 12.7 Å². The molecule has 3 N–H and O–H groups in total. The van der Waals surface area contributed by atoms with E-state index in [0.717, 1.165) is 0 Å². The summed E-state index contributed by atoms with van der Waals surface area (Å²) in [5.41, 5.74) is 0. The molecule has 5 nitrogen and oxygen atoms in total. The molecule has 76 valence electrons. The van der Waals surface area contributed by atoms with E-state index in [0.29, 0.717) is 0 Å². The van der Waals surface area contributed by atoms with Gasteiger partial charge in [0.25, 0.3) is 0 Å². The number of rotatable bonds is 3. The maximum Gasteiger partial charge on any atom is 0.183 e. The van der Waals surface area contributed by atoms with Gasteiger partial charge >= 0.3 is 0 Å². The fourth-order valence-electron chi connectivity index (χ4n) is 1.12. The van der Waals surface area contributed by atoms with Crippen molar-refractivity contribution in [3.63, 3.8) is 0 Å². The van der Waals surface area contributed by atoms with E-state index in [-0.39, 0.29) is 13.2 Å². The fourth-order valence-corrected chi connectivity index (χ4v) is 1.12. The molecule has 0 amide bonds. The van der Waals surface area contributed by atoms with Crippen LogP contribution in [-0.2, 0) is 9.47 Å². The van der Waals surface area contributed by atoms with Crippen LogP contribution in [0.2, 0.25) is 0 Å². The minimum atomic E-state index is -1.33. The number of aliphatic hydroxyl groups is 3. The minimum absolute atomic E-state index is 0.0627. The van der Waals surface area contributed by atoms with Crippen molar-refractivity contribution in [3.8, 4) is 0 Å². The summed E-state index contributed by atoms with van der Waals surface area (Å²) >= 11 is 0. The zero-order valence-electron chi connectivity index (χ0n) is 7.17. The Morgan fingerprint density at radius 3 is 2.69 bits per heavy atom. The lowest BCUT2D eigenvalue weighted by molar-refractivity contribution is -0.258. The molecule has 0 aromatic heterocycles. The Kier molecular flexibility index (Phi) is 3.83. The van der Waals surface area contributed by atoms with Crippen molar-refractivity contribution in [2.24, 2.45) is 0 Å². The molecule has 0 aromatic rings. The van der Waals surface area contributed by atoms with Crippen molar-refractivity contribution < 1.29 is 24.8 Å². The molecule has 1 aliphatic heterocycles. The second kappa shape index (κ2) is 4.69. The number of aliphatic hydroxyl groups excluding tert-OH is 3. The second-order valence-corrected chi connectivity index (χ2v) is 2.87. The normalized spacial score (nSPS) is 40.2. The Morgan fingerprint density at radius 1 is 1.38 bits per heavy atom. The monoisotopic (exact) mass is 190 g/mol. The summed E-state index contributed by atoms with van der Waals surface area (Å²) in [6.45, 7) is 3.78. The highest BCUT2D eigenvalue weighted by Gasteiger charge is 2.37. The quantitative estimate of drug-likeness (QED) is 0.478. The maximum absolute atomic E-state index is 9.39. The van der Waals surface area contributed by atoms with Crippen LogP contribution < -0.4 is 0 Å². The Hall–Kier alpha value is -0.460. The molecule has 1 unspecified atom stereocenters. The van der Waals surface area contributed by atoms with Crippen LogP contribution in [0.3, 0.4) is 0 Å². The third-order valence-electron chi connectivity index (χ3n) is 1.88. The molecule has 0 saturated carbocycles. The van der Waals surface area contributed by atoms with E-state index in [9.17, 15) is 10.2 Å². The van der Waals surface area contributed by atoms with Crippen molar-refractivity contribution in [1.82, 2.24) is 0 Å². The summed E-state index contributed by atoms with van der Waals surface area (Å²) < 4.78 is 9.86. The summed E-state index contributed by atoms with van der Waals surface area (Å²) in [5, 5.41) is 27.6. The Labute approximate surface area is 76.2 Å². The number of ether oxygens (including phenoxy) is 2. The van der Waals surface area contributed by atoms with Crippen LogP contribution in [0.5, 0.6) is 0 Å². The van der Waals surface area contributed by atoms with Crippen molar-refractivity contribution >= 4 is 0 Å². The van der Waals surface area contributed by atoms with Crippen LogP contribution >= 0.6 is 0 Å². The van der Waals surface area contributed by atoms with Crippen LogP contribution in [0.15, 0.2) is 12.7 Å². The molecule has 5 heteroatoms. The molecule has 0 bridgehead atoms. The molecule has 4 atom stereocenters. The third-order valence-corrected chi connectivity index (χ3v) is 1.88. The van der Waals surface area contributed by atoms with Gasteiger partial charge in [0.1, 0.15) is 18.3 Å². The summed E-state index contributed by atoms with van der Waals surface area (Å²) in [5.74, 6) is 0. The largest absolute Gasteiger partial charge is 0.387 e. The van der Waals surface area contributed by atoms with Crippen molar-refractivity contribution in [2.75, 3.05) is 13.2 Å². The highest BCUT2D eigenvalue weighted by atomic mass is 16.6. The zero-order chi connectivity index (χ0) is 9.84. The maximum atomic E-state index is 9.39. The lowest BCUT2D eigenvalue weighted by Crippen LogP contribution is -2.53. The summed E-state index contributed by atoms with van der Waals surface area (Å²) in [4.78, 5) is 0. The highest BCUT2D eigenvalue weighted by Crippen LogP contribution is 2.16. The molecule has 0 aromatic carbocycles. The molecule has 13 heavy (non-hydrogen) atoms. The number of hydrogen-bond acceptors (Lipinski definition) is 5. The van der Waals surface area contributed by atoms with Gasteiger partial charge in [-0.05, 0) is 0 Å². The van der Waals surface area contributed by atoms with Gasteiger partial charge in [-0.15, -0.1) is 6.58 Å². The third kappa shape index (κ3) is 2.49. The van der Waals surface area contributed by atoms with Crippen LogP contribution in [0.4, 0.5) is 0 Å². The fraction of sp³-hybridized carbons (Fsp3) is 0.750. The SMILES string of the molecule is C=CCO[C@@H]1COC(O)[C@H](O)[C@H]1O. The smallest absolute Gasteiger partial charge is 0.183 e. The second-order valence-electron chi connectivity index (χ2n) is 2.87. The van der Waals surface area contributed by atoms with Gasteiger partial charge in [0.2, 0.25) is 0 Å². The Morgan fingerprint density at radius 2 is 2.08 bits per heavy atom. The minimum Gasteiger partial charge on any atom is -0.387 e. The molecule has 0 radical (unpaired) electrons. The molecule has 1 rings (SSSR count). The predicted octanol–water partition coefficient (Wildman–Crippen LogP) is -1.37. The van der Waals surface area contributed by atoms with Gasteiger partial charge in [-0.1, -0.05) is 6.08 Å². The highest BCUT2D eigenvalue weighted by molar-refractivity contribution is 4.83. The predicted molar refractivity (Wildman–Crippen MR) is 43.9 cm³/mol. The van der Waals surface area contributed by atoms with Gasteiger partial charge in [0.05, 0.1) is 13.2 Å². The molecule has 1 fully saturated rings. The molecule has 0 aliphatic carbocycles. The number of hydrogen-bond donors (Lipinski definition) is 3. The van der Waals surface area contributed by atoms with E-state index in [2.05, 4.69) is 6.58 Å². The summed E-state index contributed by atoms with van der Waals surface area (Å²) in [6, 6.07) is 0. The first-order chi connectivity index (χ1) is 6.16. The molecular formula is C8H14O5. The molecule has 1 saturated heterocycles. The average Bonchev–Trinajstić information content (AvgIpc) is 2.13. The topological polar surface area (TPSA) is 79.2 Å².